The van der Waals surface area contributed by atoms with Crippen molar-refractivity contribution in [1.29, 1.82) is 0 Å². The maximum absolute atomic E-state index is 11.4. The van der Waals surface area contributed by atoms with E-state index in [1.807, 2.05) is 19.9 Å². The molecule has 0 spiro atoms. The Balaban J connectivity index is 2.61. The molecule has 0 amide bonds. The second-order valence-corrected chi connectivity index (χ2v) is 6.45. The molecule has 1 rings (SSSR count). The van der Waals surface area contributed by atoms with Crippen molar-refractivity contribution in [3.05, 3.63) is 33.8 Å². The summed E-state index contributed by atoms with van der Waals surface area (Å²) in [6.45, 7) is 4.97. The van der Waals surface area contributed by atoms with Gasteiger partial charge in [0, 0.05) is 17.6 Å². The molecule has 0 aliphatic rings. The van der Waals surface area contributed by atoms with Crippen LogP contribution in [0.25, 0.3) is 0 Å². The molecule has 1 aromatic carbocycles. The van der Waals surface area contributed by atoms with E-state index in [1.54, 1.807) is 12.1 Å². The lowest BCUT2D eigenvalue weighted by Gasteiger charge is -2.16. The topological polar surface area (TPSA) is 75.6 Å². The average Bonchev–Trinajstić information content (AvgIpc) is 2.46. The van der Waals surface area contributed by atoms with Gasteiger partial charge in [-0.15, -0.1) is 0 Å². The van der Waals surface area contributed by atoms with E-state index in [0.717, 1.165) is 10.0 Å². The molecule has 122 valence electrons. The molecule has 1 unspecified atom stereocenters. The number of methoxy groups -OCH3 is 1. The molecule has 0 radical (unpaired) electrons. The second kappa shape index (κ2) is 8.90. The minimum atomic E-state index is -0.777. The average molecular weight is 372 g/mol. The highest BCUT2D eigenvalue weighted by atomic mass is 79.9. The number of aliphatic carboxylic acids is 1. The van der Waals surface area contributed by atoms with E-state index in [-0.39, 0.29) is 5.97 Å². The summed E-state index contributed by atoms with van der Waals surface area (Å²) in [5.41, 5.74) is 1.43. The van der Waals surface area contributed by atoms with E-state index < -0.39 is 11.9 Å². The Hall–Kier alpha value is -1.40. The number of carboxylic acids is 1. The van der Waals surface area contributed by atoms with E-state index >= 15 is 0 Å². The SMILES string of the molecule is COC(=O)c1ccc(CNCC(CC(C)C)C(=O)O)c(Br)c1. The van der Waals surface area contributed by atoms with Crippen molar-refractivity contribution in [3.63, 3.8) is 0 Å². The van der Waals surface area contributed by atoms with Crippen molar-refractivity contribution in [2.24, 2.45) is 11.8 Å². The first-order valence-corrected chi connectivity index (χ1v) is 7.94. The molecule has 0 heterocycles. The minimum Gasteiger partial charge on any atom is -0.481 e. The monoisotopic (exact) mass is 371 g/mol. The van der Waals surface area contributed by atoms with Crippen LogP contribution in [0.1, 0.15) is 36.2 Å². The van der Waals surface area contributed by atoms with Gasteiger partial charge in [0.05, 0.1) is 18.6 Å². The first-order chi connectivity index (χ1) is 10.3. The molecule has 0 aromatic heterocycles. The van der Waals surface area contributed by atoms with Gasteiger partial charge in [-0.3, -0.25) is 4.79 Å². The standard InChI is InChI=1S/C16H22BrNO4/c1-10(2)6-13(15(19)20)9-18-8-12-5-4-11(7-14(12)17)16(21)22-3/h4-5,7,10,13,18H,6,8-9H2,1-3H3,(H,19,20). The Morgan fingerprint density at radius 1 is 1.36 bits per heavy atom. The number of carboxylic acid groups (broad SMARTS) is 1. The zero-order valence-electron chi connectivity index (χ0n) is 13.1. The summed E-state index contributed by atoms with van der Waals surface area (Å²) in [6.07, 6.45) is 0.644. The quantitative estimate of drug-likeness (QED) is 0.686. The first-order valence-electron chi connectivity index (χ1n) is 7.15. The number of ether oxygens (including phenoxy) is 1. The summed E-state index contributed by atoms with van der Waals surface area (Å²) in [4.78, 5) is 22.6. The van der Waals surface area contributed by atoms with Gasteiger partial charge in [-0.05, 0) is 30.0 Å². The molecular weight excluding hydrogens is 350 g/mol. The number of esters is 1. The zero-order valence-corrected chi connectivity index (χ0v) is 14.6. The van der Waals surface area contributed by atoms with Crippen LogP contribution >= 0.6 is 15.9 Å². The van der Waals surface area contributed by atoms with Crippen LogP contribution in [0.5, 0.6) is 0 Å². The van der Waals surface area contributed by atoms with Crippen LogP contribution in [0.3, 0.4) is 0 Å². The number of benzene rings is 1. The van der Waals surface area contributed by atoms with Crippen LogP contribution in [-0.4, -0.2) is 30.7 Å². The number of carbonyl (C=O) groups excluding carboxylic acids is 1. The second-order valence-electron chi connectivity index (χ2n) is 5.59. The van der Waals surface area contributed by atoms with Crippen molar-refractivity contribution < 1.29 is 19.4 Å². The van der Waals surface area contributed by atoms with Crippen molar-refractivity contribution >= 4 is 27.9 Å². The van der Waals surface area contributed by atoms with Gasteiger partial charge in [0.2, 0.25) is 0 Å². The van der Waals surface area contributed by atoms with E-state index in [1.165, 1.54) is 7.11 Å². The Kier molecular flexibility index (Phi) is 7.55. The number of nitrogens with one attached hydrogen (secondary N) is 1. The van der Waals surface area contributed by atoms with E-state index in [4.69, 9.17) is 0 Å². The summed E-state index contributed by atoms with van der Waals surface area (Å²) in [5.74, 6) is -1.22. The third-order valence-corrected chi connectivity index (χ3v) is 4.02. The van der Waals surface area contributed by atoms with Gasteiger partial charge >= 0.3 is 11.9 Å². The molecule has 0 saturated heterocycles. The largest absolute Gasteiger partial charge is 0.481 e. The molecule has 5 nitrogen and oxygen atoms in total. The highest BCUT2D eigenvalue weighted by Crippen LogP contribution is 2.19. The van der Waals surface area contributed by atoms with Crippen molar-refractivity contribution in [2.45, 2.75) is 26.8 Å². The molecule has 0 saturated carbocycles. The number of hydrogen-bond acceptors (Lipinski definition) is 4. The zero-order chi connectivity index (χ0) is 16.7. The summed E-state index contributed by atoms with van der Waals surface area (Å²) in [5, 5.41) is 12.4. The highest BCUT2D eigenvalue weighted by Gasteiger charge is 2.18. The van der Waals surface area contributed by atoms with Gasteiger partial charge in [-0.25, -0.2) is 4.79 Å². The number of carbonyl (C=O) groups is 2. The van der Waals surface area contributed by atoms with E-state index in [2.05, 4.69) is 26.0 Å². The number of rotatable bonds is 8. The normalized spacial score (nSPS) is 12.2. The molecule has 0 aliphatic heterocycles. The predicted molar refractivity (Wildman–Crippen MR) is 87.8 cm³/mol. The maximum Gasteiger partial charge on any atom is 0.337 e. The number of hydrogen-bond donors (Lipinski definition) is 2. The predicted octanol–water partition coefficient (Wildman–Crippen LogP) is 3.07. The van der Waals surface area contributed by atoms with Gasteiger partial charge in [0.15, 0.2) is 0 Å². The Morgan fingerprint density at radius 2 is 2.05 bits per heavy atom. The lowest BCUT2D eigenvalue weighted by molar-refractivity contribution is -0.142. The molecule has 22 heavy (non-hydrogen) atoms. The van der Waals surface area contributed by atoms with Crippen molar-refractivity contribution in [2.75, 3.05) is 13.7 Å². The van der Waals surface area contributed by atoms with Crippen LogP contribution < -0.4 is 5.32 Å². The molecule has 0 fully saturated rings. The van der Waals surface area contributed by atoms with Crippen LogP contribution in [-0.2, 0) is 16.1 Å². The molecule has 6 heteroatoms. The number of halogens is 1. The molecule has 1 atom stereocenters. The van der Waals surface area contributed by atoms with E-state index in [9.17, 15) is 14.7 Å². The van der Waals surface area contributed by atoms with Crippen LogP contribution in [0.2, 0.25) is 0 Å². The van der Waals surface area contributed by atoms with Gasteiger partial charge < -0.3 is 15.2 Å². The third kappa shape index (κ3) is 5.77. The van der Waals surface area contributed by atoms with Gasteiger partial charge in [0.1, 0.15) is 0 Å². The molecule has 0 bridgehead atoms. The fourth-order valence-corrected chi connectivity index (χ4v) is 2.68. The van der Waals surface area contributed by atoms with Crippen LogP contribution in [0.15, 0.2) is 22.7 Å². The lowest BCUT2D eigenvalue weighted by Crippen LogP contribution is -2.29. The van der Waals surface area contributed by atoms with Gasteiger partial charge in [-0.2, -0.15) is 0 Å². The van der Waals surface area contributed by atoms with Gasteiger partial charge in [-0.1, -0.05) is 35.8 Å². The van der Waals surface area contributed by atoms with Crippen LogP contribution in [0, 0.1) is 11.8 Å². The fourth-order valence-electron chi connectivity index (χ4n) is 2.16. The van der Waals surface area contributed by atoms with Crippen molar-refractivity contribution in [1.82, 2.24) is 5.32 Å². The summed E-state index contributed by atoms with van der Waals surface area (Å²) >= 11 is 3.42. The Labute approximate surface area is 139 Å². The Bertz CT molecular complexity index is 531. The van der Waals surface area contributed by atoms with Crippen LogP contribution in [0.4, 0.5) is 0 Å². The molecule has 1 aromatic rings. The molecule has 2 N–H and O–H groups in total. The lowest BCUT2D eigenvalue weighted by atomic mass is 9.97. The smallest absolute Gasteiger partial charge is 0.337 e. The van der Waals surface area contributed by atoms with Crippen molar-refractivity contribution in [3.8, 4) is 0 Å². The Morgan fingerprint density at radius 3 is 2.55 bits per heavy atom. The highest BCUT2D eigenvalue weighted by molar-refractivity contribution is 9.10. The summed E-state index contributed by atoms with van der Waals surface area (Å²) in [7, 11) is 1.34. The molecular formula is C16H22BrNO4. The minimum absolute atomic E-state index is 0.342. The molecule has 0 aliphatic carbocycles. The maximum atomic E-state index is 11.4. The summed E-state index contributed by atoms with van der Waals surface area (Å²) in [6, 6.07) is 5.21. The third-order valence-electron chi connectivity index (χ3n) is 3.29. The fraction of sp³-hybridized carbons (Fsp3) is 0.500. The summed E-state index contributed by atoms with van der Waals surface area (Å²) < 4.78 is 5.46. The van der Waals surface area contributed by atoms with E-state index in [0.29, 0.717) is 31.0 Å². The van der Waals surface area contributed by atoms with Gasteiger partial charge in [0.25, 0.3) is 0 Å². The first kappa shape index (κ1) is 18.6.